The number of methoxy groups -OCH3 is 2. The van der Waals surface area contributed by atoms with E-state index in [0.29, 0.717) is 27.9 Å². The van der Waals surface area contributed by atoms with E-state index in [-0.39, 0.29) is 24.8 Å². The third-order valence-corrected chi connectivity index (χ3v) is 5.02. The molecule has 1 atom stereocenters. The van der Waals surface area contributed by atoms with Crippen LogP contribution < -0.4 is 19.7 Å². The number of carbonyl (C=O) groups excluding carboxylic acids is 2. The first-order valence-corrected chi connectivity index (χ1v) is 8.90. The van der Waals surface area contributed by atoms with Gasteiger partial charge in [-0.2, -0.15) is 0 Å². The molecule has 0 bridgehead atoms. The molecule has 1 heterocycles. The Labute approximate surface area is 163 Å². The molecule has 142 valence electrons. The summed E-state index contributed by atoms with van der Waals surface area (Å²) >= 11 is 6.11. The Bertz CT molecular complexity index is 884. The molecule has 6 nitrogen and oxygen atoms in total. The molecule has 27 heavy (non-hydrogen) atoms. The van der Waals surface area contributed by atoms with Crippen LogP contribution in [0.4, 0.5) is 11.4 Å². The number of aryl methyl sites for hydroxylation is 1. The molecule has 1 N–H and O–H groups in total. The van der Waals surface area contributed by atoms with Crippen molar-refractivity contribution in [2.45, 2.75) is 13.3 Å². The van der Waals surface area contributed by atoms with Gasteiger partial charge >= 0.3 is 0 Å². The van der Waals surface area contributed by atoms with E-state index in [4.69, 9.17) is 21.1 Å². The third kappa shape index (κ3) is 4.01. The first-order valence-electron chi connectivity index (χ1n) is 8.52. The van der Waals surface area contributed by atoms with E-state index in [1.165, 1.54) is 7.11 Å². The van der Waals surface area contributed by atoms with Gasteiger partial charge in [0.1, 0.15) is 11.5 Å². The number of rotatable bonds is 5. The molecule has 0 spiro atoms. The highest BCUT2D eigenvalue weighted by Crippen LogP contribution is 2.36. The number of hydrogen-bond donors (Lipinski definition) is 1. The van der Waals surface area contributed by atoms with Crippen molar-refractivity contribution in [2.24, 2.45) is 5.92 Å². The second-order valence-corrected chi connectivity index (χ2v) is 6.80. The number of amides is 2. The Morgan fingerprint density at radius 3 is 2.63 bits per heavy atom. The van der Waals surface area contributed by atoms with Crippen molar-refractivity contribution in [3.05, 3.63) is 47.0 Å². The fourth-order valence-corrected chi connectivity index (χ4v) is 3.22. The van der Waals surface area contributed by atoms with Gasteiger partial charge in [-0.3, -0.25) is 9.59 Å². The number of nitrogens with one attached hydrogen (secondary N) is 1. The lowest BCUT2D eigenvalue weighted by Crippen LogP contribution is -2.28. The average Bonchev–Trinajstić information content (AvgIpc) is 3.06. The summed E-state index contributed by atoms with van der Waals surface area (Å²) < 4.78 is 10.6. The lowest BCUT2D eigenvalue weighted by atomic mass is 10.1. The Kier molecular flexibility index (Phi) is 5.56. The van der Waals surface area contributed by atoms with Gasteiger partial charge in [-0.1, -0.05) is 17.7 Å². The summed E-state index contributed by atoms with van der Waals surface area (Å²) in [6.45, 7) is 2.16. The van der Waals surface area contributed by atoms with Gasteiger partial charge in [-0.25, -0.2) is 0 Å². The molecule has 0 unspecified atom stereocenters. The Morgan fingerprint density at radius 2 is 1.96 bits per heavy atom. The van der Waals surface area contributed by atoms with Gasteiger partial charge in [0.15, 0.2) is 0 Å². The SMILES string of the molecule is COc1ccc(OC)c(N2C[C@H](C(=O)Nc3ccc(C)c(Cl)c3)CC2=O)c1. The van der Waals surface area contributed by atoms with Crippen molar-refractivity contribution in [1.82, 2.24) is 0 Å². The first kappa shape index (κ1) is 19.0. The van der Waals surface area contributed by atoms with Crippen molar-refractivity contribution < 1.29 is 19.1 Å². The molecule has 0 aromatic heterocycles. The van der Waals surface area contributed by atoms with Crippen LogP contribution in [0.2, 0.25) is 5.02 Å². The van der Waals surface area contributed by atoms with Crippen molar-refractivity contribution in [1.29, 1.82) is 0 Å². The minimum absolute atomic E-state index is 0.131. The summed E-state index contributed by atoms with van der Waals surface area (Å²) in [4.78, 5) is 26.7. The normalized spacial score (nSPS) is 16.4. The van der Waals surface area contributed by atoms with E-state index < -0.39 is 5.92 Å². The molecular formula is C20H21ClN2O4. The highest BCUT2D eigenvalue weighted by atomic mass is 35.5. The summed E-state index contributed by atoms with van der Waals surface area (Å²) in [5.41, 5.74) is 2.14. The van der Waals surface area contributed by atoms with Gasteiger partial charge in [-0.05, 0) is 36.8 Å². The smallest absolute Gasteiger partial charge is 0.229 e. The van der Waals surface area contributed by atoms with Crippen LogP contribution in [-0.4, -0.2) is 32.6 Å². The maximum absolute atomic E-state index is 12.6. The maximum Gasteiger partial charge on any atom is 0.229 e. The highest BCUT2D eigenvalue weighted by molar-refractivity contribution is 6.31. The Balaban J connectivity index is 1.77. The van der Waals surface area contributed by atoms with Gasteiger partial charge in [0.25, 0.3) is 0 Å². The number of anilines is 2. The van der Waals surface area contributed by atoms with E-state index in [0.717, 1.165) is 5.56 Å². The van der Waals surface area contributed by atoms with Crippen LogP contribution in [0.3, 0.4) is 0 Å². The van der Waals surface area contributed by atoms with E-state index in [2.05, 4.69) is 5.32 Å². The summed E-state index contributed by atoms with van der Waals surface area (Å²) in [5, 5.41) is 3.42. The van der Waals surface area contributed by atoms with Crippen LogP contribution >= 0.6 is 11.6 Å². The molecule has 7 heteroatoms. The summed E-state index contributed by atoms with van der Waals surface area (Å²) in [6.07, 6.45) is 0.131. The monoisotopic (exact) mass is 388 g/mol. The van der Waals surface area contributed by atoms with Crippen LogP contribution in [0.15, 0.2) is 36.4 Å². The Morgan fingerprint density at radius 1 is 1.19 bits per heavy atom. The van der Waals surface area contributed by atoms with Crippen molar-refractivity contribution >= 4 is 34.8 Å². The zero-order valence-corrected chi connectivity index (χ0v) is 16.2. The quantitative estimate of drug-likeness (QED) is 0.848. The zero-order valence-electron chi connectivity index (χ0n) is 15.4. The molecule has 0 saturated carbocycles. The second-order valence-electron chi connectivity index (χ2n) is 6.40. The van der Waals surface area contributed by atoms with Crippen molar-refractivity contribution in [3.63, 3.8) is 0 Å². The predicted molar refractivity (Wildman–Crippen MR) is 105 cm³/mol. The van der Waals surface area contributed by atoms with Crippen LogP contribution in [0.5, 0.6) is 11.5 Å². The largest absolute Gasteiger partial charge is 0.497 e. The molecule has 0 aliphatic carbocycles. The average molecular weight is 389 g/mol. The summed E-state index contributed by atoms with van der Waals surface area (Å²) in [7, 11) is 3.09. The van der Waals surface area contributed by atoms with Crippen molar-refractivity contribution in [2.75, 3.05) is 31.0 Å². The lowest BCUT2D eigenvalue weighted by molar-refractivity contribution is -0.122. The van der Waals surface area contributed by atoms with E-state index >= 15 is 0 Å². The molecule has 2 aromatic carbocycles. The van der Waals surface area contributed by atoms with Gasteiger partial charge in [-0.15, -0.1) is 0 Å². The number of ether oxygens (including phenoxy) is 2. The molecule has 1 fully saturated rings. The number of benzene rings is 2. The van der Waals surface area contributed by atoms with E-state index in [1.54, 1.807) is 42.3 Å². The second kappa shape index (κ2) is 7.88. The van der Waals surface area contributed by atoms with Crippen LogP contribution in [-0.2, 0) is 9.59 Å². The topological polar surface area (TPSA) is 67.9 Å². The molecule has 1 aliphatic heterocycles. The predicted octanol–water partition coefficient (Wildman–Crippen LogP) is 3.66. The molecule has 2 aromatic rings. The minimum atomic E-state index is -0.464. The maximum atomic E-state index is 12.6. The molecule has 2 amide bonds. The van der Waals surface area contributed by atoms with Gasteiger partial charge < -0.3 is 19.7 Å². The molecular weight excluding hydrogens is 368 g/mol. The number of hydrogen-bond acceptors (Lipinski definition) is 4. The number of carbonyl (C=O) groups is 2. The number of halogens is 1. The standard InChI is InChI=1S/C20H21ClN2O4/c1-12-4-5-14(9-16(12)21)22-20(25)13-8-19(24)23(11-13)17-10-15(26-2)6-7-18(17)27-3/h4-7,9-10,13H,8,11H2,1-3H3,(H,22,25)/t13-/m1/s1. The molecule has 3 rings (SSSR count). The molecule has 0 radical (unpaired) electrons. The first-order chi connectivity index (χ1) is 12.9. The van der Waals surface area contributed by atoms with Gasteiger partial charge in [0.2, 0.25) is 11.8 Å². The van der Waals surface area contributed by atoms with Crippen LogP contribution in [0, 0.1) is 12.8 Å². The van der Waals surface area contributed by atoms with Crippen LogP contribution in [0.1, 0.15) is 12.0 Å². The van der Waals surface area contributed by atoms with Crippen molar-refractivity contribution in [3.8, 4) is 11.5 Å². The van der Waals surface area contributed by atoms with Crippen LogP contribution in [0.25, 0.3) is 0 Å². The fourth-order valence-electron chi connectivity index (χ4n) is 3.04. The summed E-state index contributed by atoms with van der Waals surface area (Å²) in [5.74, 6) is 0.348. The van der Waals surface area contributed by atoms with Gasteiger partial charge in [0, 0.05) is 29.7 Å². The summed E-state index contributed by atoms with van der Waals surface area (Å²) in [6, 6.07) is 10.6. The van der Waals surface area contributed by atoms with Gasteiger partial charge in [0.05, 0.1) is 25.8 Å². The highest BCUT2D eigenvalue weighted by Gasteiger charge is 2.36. The van der Waals surface area contributed by atoms with E-state index in [1.807, 2.05) is 13.0 Å². The number of nitrogens with zero attached hydrogens (tertiary/aromatic N) is 1. The van der Waals surface area contributed by atoms with E-state index in [9.17, 15) is 9.59 Å². The molecule has 1 aliphatic rings. The minimum Gasteiger partial charge on any atom is -0.497 e. The molecule has 1 saturated heterocycles. The Hall–Kier alpha value is -2.73. The third-order valence-electron chi connectivity index (χ3n) is 4.61. The lowest BCUT2D eigenvalue weighted by Gasteiger charge is -2.20. The zero-order chi connectivity index (χ0) is 19.6. The fraction of sp³-hybridized carbons (Fsp3) is 0.300.